The van der Waals surface area contributed by atoms with Crippen LogP contribution >= 0.6 is 22.7 Å². The summed E-state index contributed by atoms with van der Waals surface area (Å²) >= 11 is 3.38. The summed E-state index contributed by atoms with van der Waals surface area (Å²) < 4.78 is 0. The molecule has 3 rings (SSSR count). The number of thiazole rings is 1. The predicted molar refractivity (Wildman–Crippen MR) is 98.0 cm³/mol. The van der Waals surface area contributed by atoms with Crippen LogP contribution in [0.3, 0.4) is 0 Å². The third kappa shape index (κ3) is 4.48. The van der Waals surface area contributed by atoms with Gasteiger partial charge in [-0.05, 0) is 29.3 Å². The first kappa shape index (κ1) is 16.3. The summed E-state index contributed by atoms with van der Waals surface area (Å²) in [7, 11) is 0. The molecule has 3 nitrogen and oxygen atoms in total. The Hall–Kier alpha value is -1.53. The largest absolute Gasteiger partial charge is 0.396 e. The number of aliphatic hydroxyl groups excluding tert-OH is 1. The molecule has 0 spiro atoms. The van der Waals surface area contributed by atoms with Gasteiger partial charge in [0.25, 0.3) is 0 Å². The monoisotopic (exact) mass is 344 g/mol. The van der Waals surface area contributed by atoms with Crippen LogP contribution in [0.4, 0.5) is 0 Å². The number of aliphatic hydroxyl groups is 1. The Morgan fingerprint density at radius 3 is 2.74 bits per heavy atom. The second kappa shape index (κ2) is 8.36. The van der Waals surface area contributed by atoms with Gasteiger partial charge < -0.3 is 10.4 Å². The quantitative estimate of drug-likeness (QED) is 0.646. The number of thiophene rings is 1. The van der Waals surface area contributed by atoms with E-state index in [4.69, 9.17) is 0 Å². The van der Waals surface area contributed by atoms with Gasteiger partial charge in [-0.1, -0.05) is 30.3 Å². The standard InChI is InChI=1S/C18H20N2OS2/c21-8-6-15(14-4-2-1-3-5-14)10-19-11-17-13-23-18(20-17)16-7-9-22-12-16/h1-5,7,9,12-13,15,19,21H,6,8,10-11H2. The van der Waals surface area contributed by atoms with Crippen LogP contribution in [0.25, 0.3) is 10.6 Å². The van der Waals surface area contributed by atoms with E-state index in [1.165, 1.54) is 11.1 Å². The lowest BCUT2D eigenvalue weighted by atomic mass is 9.96. The Kier molecular flexibility index (Phi) is 5.93. The zero-order valence-corrected chi connectivity index (χ0v) is 14.4. The van der Waals surface area contributed by atoms with Crippen LogP contribution in [0.5, 0.6) is 0 Å². The molecule has 120 valence electrons. The summed E-state index contributed by atoms with van der Waals surface area (Å²) in [5.41, 5.74) is 3.55. The molecule has 2 heterocycles. The van der Waals surface area contributed by atoms with Crippen molar-refractivity contribution in [2.75, 3.05) is 13.2 Å². The molecule has 1 atom stereocenters. The van der Waals surface area contributed by atoms with Crippen molar-refractivity contribution in [3.8, 4) is 10.6 Å². The fourth-order valence-electron chi connectivity index (χ4n) is 2.55. The molecule has 2 aromatic heterocycles. The highest BCUT2D eigenvalue weighted by Crippen LogP contribution is 2.25. The van der Waals surface area contributed by atoms with Gasteiger partial charge in [0.2, 0.25) is 0 Å². The van der Waals surface area contributed by atoms with Crippen LogP contribution in [-0.4, -0.2) is 23.2 Å². The average molecular weight is 345 g/mol. The van der Waals surface area contributed by atoms with Gasteiger partial charge in [0.05, 0.1) is 5.69 Å². The number of benzene rings is 1. The van der Waals surface area contributed by atoms with E-state index in [0.717, 1.165) is 30.2 Å². The number of hydrogen-bond acceptors (Lipinski definition) is 5. The first-order valence-electron chi connectivity index (χ1n) is 7.70. The van der Waals surface area contributed by atoms with Crippen LogP contribution in [0.2, 0.25) is 0 Å². The lowest BCUT2D eigenvalue weighted by Gasteiger charge is -2.16. The van der Waals surface area contributed by atoms with Crippen molar-refractivity contribution in [1.82, 2.24) is 10.3 Å². The minimum absolute atomic E-state index is 0.209. The number of nitrogens with zero attached hydrogens (tertiary/aromatic N) is 1. The topological polar surface area (TPSA) is 45.1 Å². The Morgan fingerprint density at radius 2 is 2.00 bits per heavy atom. The average Bonchev–Trinajstić information content (AvgIpc) is 3.26. The highest BCUT2D eigenvalue weighted by molar-refractivity contribution is 7.14. The van der Waals surface area contributed by atoms with E-state index in [1.54, 1.807) is 22.7 Å². The summed E-state index contributed by atoms with van der Waals surface area (Å²) in [5.74, 6) is 0.330. The van der Waals surface area contributed by atoms with Crippen LogP contribution in [0, 0.1) is 0 Å². The van der Waals surface area contributed by atoms with Crippen molar-refractivity contribution in [1.29, 1.82) is 0 Å². The molecule has 0 radical (unpaired) electrons. The van der Waals surface area contributed by atoms with E-state index in [1.807, 2.05) is 18.2 Å². The molecule has 0 saturated carbocycles. The summed E-state index contributed by atoms with van der Waals surface area (Å²) in [4.78, 5) is 4.68. The van der Waals surface area contributed by atoms with Gasteiger partial charge in [-0.15, -0.1) is 11.3 Å². The molecular formula is C18H20N2OS2. The van der Waals surface area contributed by atoms with Crippen LogP contribution in [0.15, 0.2) is 52.5 Å². The molecule has 0 saturated heterocycles. The summed E-state index contributed by atoms with van der Waals surface area (Å²) in [6.45, 7) is 1.81. The molecule has 5 heteroatoms. The summed E-state index contributed by atoms with van der Waals surface area (Å²) in [6, 6.07) is 12.5. The molecule has 0 aliphatic rings. The fraction of sp³-hybridized carbons (Fsp3) is 0.278. The van der Waals surface area contributed by atoms with Gasteiger partial charge in [0, 0.05) is 36.0 Å². The van der Waals surface area contributed by atoms with Gasteiger partial charge in [0.15, 0.2) is 0 Å². The minimum Gasteiger partial charge on any atom is -0.396 e. The Labute approximate surface area is 144 Å². The first-order chi connectivity index (χ1) is 11.4. The van der Waals surface area contributed by atoms with E-state index in [9.17, 15) is 5.11 Å². The zero-order chi connectivity index (χ0) is 15.9. The third-order valence-electron chi connectivity index (χ3n) is 3.77. The van der Waals surface area contributed by atoms with Crippen LogP contribution < -0.4 is 5.32 Å². The second-order valence-corrected chi connectivity index (χ2v) is 7.04. The van der Waals surface area contributed by atoms with Crippen molar-refractivity contribution in [2.24, 2.45) is 0 Å². The molecule has 3 aromatic rings. The van der Waals surface area contributed by atoms with E-state index in [0.29, 0.717) is 5.92 Å². The second-order valence-electron chi connectivity index (χ2n) is 5.41. The van der Waals surface area contributed by atoms with Gasteiger partial charge >= 0.3 is 0 Å². The summed E-state index contributed by atoms with van der Waals surface area (Å²) in [5, 5.41) is 20.2. The van der Waals surface area contributed by atoms with Crippen molar-refractivity contribution in [3.05, 3.63) is 63.8 Å². The maximum Gasteiger partial charge on any atom is 0.124 e. The number of rotatable bonds is 8. The molecule has 2 N–H and O–H groups in total. The minimum atomic E-state index is 0.209. The third-order valence-corrected chi connectivity index (χ3v) is 5.39. The molecular weight excluding hydrogens is 324 g/mol. The number of aromatic nitrogens is 1. The Bertz CT molecular complexity index is 695. The first-order valence-corrected chi connectivity index (χ1v) is 9.52. The van der Waals surface area contributed by atoms with Crippen molar-refractivity contribution in [3.63, 3.8) is 0 Å². The Morgan fingerprint density at radius 1 is 1.13 bits per heavy atom. The van der Waals surface area contributed by atoms with Crippen molar-refractivity contribution >= 4 is 22.7 Å². The fourth-order valence-corrected chi connectivity index (χ4v) is 4.08. The van der Waals surface area contributed by atoms with Crippen LogP contribution in [0.1, 0.15) is 23.6 Å². The lowest BCUT2D eigenvalue weighted by Crippen LogP contribution is -2.22. The number of nitrogens with one attached hydrogen (secondary N) is 1. The van der Waals surface area contributed by atoms with E-state index < -0.39 is 0 Å². The molecule has 1 aromatic carbocycles. The molecule has 23 heavy (non-hydrogen) atoms. The van der Waals surface area contributed by atoms with Gasteiger partial charge in [0.1, 0.15) is 5.01 Å². The SMILES string of the molecule is OCCC(CNCc1csc(-c2ccsc2)n1)c1ccccc1. The highest BCUT2D eigenvalue weighted by Gasteiger charge is 2.11. The van der Waals surface area contributed by atoms with Gasteiger partial charge in [-0.3, -0.25) is 0 Å². The number of hydrogen-bond donors (Lipinski definition) is 2. The molecule has 0 bridgehead atoms. The maximum atomic E-state index is 9.29. The van der Waals surface area contributed by atoms with Gasteiger partial charge in [-0.25, -0.2) is 4.98 Å². The molecule has 0 aliphatic heterocycles. The normalized spacial score (nSPS) is 12.4. The lowest BCUT2D eigenvalue weighted by molar-refractivity contribution is 0.273. The molecule has 0 amide bonds. The molecule has 0 aliphatic carbocycles. The van der Waals surface area contributed by atoms with Crippen molar-refractivity contribution < 1.29 is 5.11 Å². The van der Waals surface area contributed by atoms with Crippen molar-refractivity contribution in [2.45, 2.75) is 18.9 Å². The molecule has 0 fully saturated rings. The predicted octanol–water partition coefficient (Wildman–Crippen LogP) is 4.13. The maximum absolute atomic E-state index is 9.29. The van der Waals surface area contributed by atoms with E-state index in [2.05, 4.69) is 44.6 Å². The highest BCUT2D eigenvalue weighted by atomic mass is 32.1. The molecule has 1 unspecified atom stereocenters. The summed E-state index contributed by atoms with van der Waals surface area (Å²) in [6.07, 6.45) is 0.772. The zero-order valence-electron chi connectivity index (χ0n) is 12.8. The Balaban J connectivity index is 1.55. The smallest absolute Gasteiger partial charge is 0.124 e. The van der Waals surface area contributed by atoms with Crippen LogP contribution in [-0.2, 0) is 6.54 Å². The van der Waals surface area contributed by atoms with E-state index in [-0.39, 0.29) is 6.61 Å². The van der Waals surface area contributed by atoms with E-state index >= 15 is 0 Å². The van der Waals surface area contributed by atoms with Gasteiger partial charge in [-0.2, -0.15) is 11.3 Å².